The van der Waals surface area contributed by atoms with Crippen LogP contribution in [0.4, 0.5) is 0 Å². The summed E-state index contributed by atoms with van der Waals surface area (Å²) in [5.41, 5.74) is 3.60. The van der Waals surface area contributed by atoms with Crippen LogP contribution in [0.3, 0.4) is 0 Å². The van der Waals surface area contributed by atoms with E-state index in [-0.39, 0.29) is 29.3 Å². The van der Waals surface area contributed by atoms with Gasteiger partial charge in [0, 0.05) is 19.2 Å². The van der Waals surface area contributed by atoms with Crippen LogP contribution >= 0.6 is 0 Å². The molecule has 1 aromatic carbocycles. The number of fused-ring (bicyclic) bond motifs is 2. The fraction of sp³-hybridized carbons (Fsp3) is 0.417. The highest BCUT2D eigenvalue weighted by molar-refractivity contribution is 6.04. The van der Waals surface area contributed by atoms with Gasteiger partial charge in [-0.05, 0) is 48.4 Å². The lowest BCUT2D eigenvalue weighted by atomic mass is 9.88. The van der Waals surface area contributed by atoms with Crippen LogP contribution in [0.2, 0.25) is 0 Å². The first-order valence-electron chi connectivity index (χ1n) is 10.8. The lowest BCUT2D eigenvalue weighted by Gasteiger charge is -2.27. The number of hydrogen-bond acceptors (Lipinski definition) is 5. The van der Waals surface area contributed by atoms with Crippen LogP contribution in [-0.4, -0.2) is 32.8 Å². The molecule has 2 atom stereocenters. The molecule has 3 N–H and O–H groups in total. The number of nitrogens with one attached hydrogen (secondary N) is 3. The Labute approximate surface area is 187 Å². The van der Waals surface area contributed by atoms with E-state index < -0.39 is 0 Å². The van der Waals surface area contributed by atoms with Crippen molar-refractivity contribution < 1.29 is 14.3 Å². The molecule has 0 fully saturated rings. The monoisotopic (exact) mass is 435 g/mol. The van der Waals surface area contributed by atoms with Crippen molar-refractivity contribution in [2.75, 3.05) is 0 Å². The third-order valence-corrected chi connectivity index (χ3v) is 6.05. The molecule has 8 nitrogen and oxygen atoms in total. The number of rotatable bonds is 5. The van der Waals surface area contributed by atoms with Gasteiger partial charge in [-0.25, -0.2) is 9.97 Å². The van der Waals surface area contributed by atoms with Crippen molar-refractivity contribution in [2.45, 2.75) is 59.5 Å². The number of aromatic amines is 1. The second kappa shape index (κ2) is 8.26. The Morgan fingerprint density at radius 2 is 2.06 bits per heavy atom. The minimum absolute atomic E-state index is 0.00982. The first-order chi connectivity index (χ1) is 15.1. The molecule has 2 amide bonds. The highest BCUT2D eigenvalue weighted by Crippen LogP contribution is 2.35. The quantitative estimate of drug-likeness (QED) is 0.560. The molecule has 2 heterocycles. The molecule has 0 aliphatic heterocycles. The van der Waals surface area contributed by atoms with Crippen molar-refractivity contribution in [1.82, 2.24) is 25.6 Å². The molecule has 2 unspecified atom stereocenters. The van der Waals surface area contributed by atoms with E-state index in [1.54, 1.807) is 6.20 Å². The van der Waals surface area contributed by atoms with E-state index in [9.17, 15) is 9.59 Å². The molecular formula is C24H29N5O3. The fourth-order valence-electron chi connectivity index (χ4n) is 3.75. The fourth-order valence-corrected chi connectivity index (χ4v) is 3.75. The topological polar surface area (TPSA) is 109 Å². The van der Waals surface area contributed by atoms with Gasteiger partial charge in [0.15, 0.2) is 5.65 Å². The summed E-state index contributed by atoms with van der Waals surface area (Å²) in [7, 11) is 0. The molecule has 1 aliphatic rings. The molecular weight excluding hydrogens is 406 g/mol. The lowest BCUT2D eigenvalue weighted by Crippen LogP contribution is -2.41. The second-order valence-corrected chi connectivity index (χ2v) is 9.42. The molecule has 0 saturated carbocycles. The third kappa shape index (κ3) is 4.44. The van der Waals surface area contributed by atoms with Crippen molar-refractivity contribution in [2.24, 2.45) is 5.41 Å². The van der Waals surface area contributed by atoms with Crippen molar-refractivity contribution in [1.29, 1.82) is 0 Å². The maximum Gasteiger partial charge on any atom is 0.255 e. The molecule has 32 heavy (non-hydrogen) atoms. The van der Waals surface area contributed by atoms with Gasteiger partial charge in [0.2, 0.25) is 11.8 Å². The van der Waals surface area contributed by atoms with E-state index in [1.165, 1.54) is 18.7 Å². The van der Waals surface area contributed by atoms with Gasteiger partial charge in [-0.15, -0.1) is 0 Å². The van der Waals surface area contributed by atoms with Gasteiger partial charge < -0.3 is 20.4 Å². The summed E-state index contributed by atoms with van der Waals surface area (Å²) in [6.07, 6.45) is 4.93. The molecule has 2 aromatic heterocycles. The van der Waals surface area contributed by atoms with Crippen LogP contribution in [0.25, 0.3) is 11.2 Å². The predicted molar refractivity (Wildman–Crippen MR) is 122 cm³/mol. The summed E-state index contributed by atoms with van der Waals surface area (Å²) in [4.78, 5) is 36.2. The van der Waals surface area contributed by atoms with Crippen LogP contribution in [0.15, 0.2) is 30.6 Å². The van der Waals surface area contributed by atoms with E-state index in [0.717, 1.165) is 18.4 Å². The van der Waals surface area contributed by atoms with Crippen LogP contribution < -0.4 is 15.4 Å². The predicted octanol–water partition coefficient (Wildman–Crippen LogP) is 4.04. The standard InChI is InChI=1S/C24H29N5O3/c1-13(24(3,4)5)27-23(31)18-11-25-22-21(18)29-20(12-26-22)32-16-8-6-15-7-9-19(17(15)10-16)28-14(2)30/h6,8,10-13,19H,7,9H2,1-5H3,(H,25,26)(H,27,31)(H,28,30). The molecule has 0 spiro atoms. The molecule has 0 radical (unpaired) electrons. The molecule has 3 aromatic rings. The molecule has 168 valence electrons. The highest BCUT2D eigenvalue weighted by atomic mass is 16.5. The van der Waals surface area contributed by atoms with Gasteiger partial charge in [-0.1, -0.05) is 26.8 Å². The molecule has 0 bridgehead atoms. The Bertz CT molecular complexity index is 1180. The van der Waals surface area contributed by atoms with Crippen molar-refractivity contribution in [3.63, 3.8) is 0 Å². The number of carbonyl (C=O) groups excluding carboxylic acids is 2. The normalized spacial score (nSPS) is 16.5. The van der Waals surface area contributed by atoms with Crippen LogP contribution in [0.1, 0.15) is 68.6 Å². The number of nitrogens with zero attached hydrogens (tertiary/aromatic N) is 2. The first kappa shape index (κ1) is 21.8. The first-order valence-corrected chi connectivity index (χ1v) is 10.8. The number of amides is 2. The van der Waals surface area contributed by atoms with Gasteiger partial charge >= 0.3 is 0 Å². The van der Waals surface area contributed by atoms with Crippen LogP contribution in [0.5, 0.6) is 11.6 Å². The number of ether oxygens (including phenoxy) is 1. The molecule has 8 heteroatoms. The Balaban J connectivity index is 1.57. The number of benzene rings is 1. The Kier molecular flexibility index (Phi) is 5.62. The van der Waals surface area contributed by atoms with Gasteiger partial charge in [0.05, 0.1) is 17.8 Å². The van der Waals surface area contributed by atoms with Crippen LogP contribution in [-0.2, 0) is 11.2 Å². The number of carbonyl (C=O) groups is 2. The van der Waals surface area contributed by atoms with Crippen molar-refractivity contribution in [3.8, 4) is 11.6 Å². The summed E-state index contributed by atoms with van der Waals surface area (Å²) >= 11 is 0. The number of H-pyrrole nitrogens is 1. The Morgan fingerprint density at radius 3 is 2.78 bits per heavy atom. The summed E-state index contributed by atoms with van der Waals surface area (Å²) in [6, 6.07) is 5.81. The average molecular weight is 436 g/mol. The maximum absolute atomic E-state index is 12.8. The number of aryl methyl sites for hydroxylation is 1. The SMILES string of the molecule is CC(=O)NC1CCc2ccc(Oc3cnc4[nH]cc(C(=O)NC(C)C(C)(C)C)c4n3)cc21. The van der Waals surface area contributed by atoms with Crippen molar-refractivity contribution >= 4 is 23.0 Å². The average Bonchev–Trinajstić information content (AvgIpc) is 3.31. The van der Waals surface area contributed by atoms with Crippen LogP contribution in [0, 0.1) is 5.41 Å². The summed E-state index contributed by atoms with van der Waals surface area (Å²) in [6.45, 7) is 9.73. The Hall–Kier alpha value is -3.42. The second-order valence-electron chi connectivity index (χ2n) is 9.42. The van der Waals surface area contributed by atoms with E-state index >= 15 is 0 Å². The van der Waals surface area contributed by atoms with E-state index in [0.29, 0.717) is 28.4 Å². The molecule has 4 rings (SSSR count). The summed E-state index contributed by atoms with van der Waals surface area (Å²) < 4.78 is 5.97. The van der Waals surface area contributed by atoms with Gasteiger partial charge in [-0.3, -0.25) is 9.59 Å². The molecule has 0 saturated heterocycles. The summed E-state index contributed by atoms with van der Waals surface area (Å²) in [5, 5.41) is 6.01. The zero-order valence-electron chi connectivity index (χ0n) is 19.1. The lowest BCUT2D eigenvalue weighted by molar-refractivity contribution is -0.119. The number of hydrogen-bond donors (Lipinski definition) is 3. The maximum atomic E-state index is 12.8. The molecule has 1 aliphatic carbocycles. The van der Waals surface area contributed by atoms with Crippen molar-refractivity contribution in [3.05, 3.63) is 47.3 Å². The number of aromatic nitrogens is 3. The minimum Gasteiger partial charge on any atom is -0.437 e. The summed E-state index contributed by atoms with van der Waals surface area (Å²) in [5.74, 6) is 0.645. The highest BCUT2D eigenvalue weighted by Gasteiger charge is 2.25. The van der Waals surface area contributed by atoms with Gasteiger partial charge in [0.1, 0.15) is 11.3 Å². The Morgan fingerprint density at radius 1 is 1.28 bits per heavy atom. The third-order valence-electron chi connectivity index (χ3n) is 6.05. The van der Waals surface area contributed by atoms with E-state index in [1.807, 2.05) is 25.1 Å². The van der Waals surface area contributed by atoms with E-state index in [4.69, 9.17) is 4.74 Å². The minimum atomic E-state index is -0.208. The van der Waals surface area contributed by atoms with E-state index in [2.05, 4.69) is 46.4 Å². The zero-order chi connectivity index (χ0) is 23.0. The largest absolute Gasteiger partial charge is 0.437 e. The van der Waals surface area contributed by atoms with Gasteiger partial charge in [-0.2, -0.15) is 0 Å². The van der Waals surface area contributed by atoms with Gasteiger partial charge in [0.25, 0.3) is 5.91 Å². The smallest absolute Gasteiger partial charge is 0.255 e. The zero-order valence-corrected chi connectivity index (χ0v) is 19.1.